The molecular formula is C36H74Br2N12O3. The van der Waals surface area contributed by atoms with Gasteiger partial charge in [0.05, 0.1) is 11.1 Å². The fourth-order valence-corrected chi connectivity index (χ4v) is 4.39. The van der Waals surface area contributed by atoms with E-state index in [1.807, 2.05) is 42.5 Å². The standard InChI is InChI=1S/C14H11BrN4O.C7H5BrO2.C7H10N4.C6H4N2.CH6N2.CH4.17H2/c1-19-14(10-8-9(15)5-6-12(10)20)17-13(18-19)11-4-2-3-7-16-11;8-6-1-2-7(10)5(3-6)4-9;1-9-11-7(8)6-4-2-3-5-10-6;7-5-6-3-1-2-4-8-6;1-3-2;;;;;;;;;;;;;;;;;;/h2-8,20H,1H3;1-4,10H;2-5,9H,1H3,(H2,8,11);1-4H;3H,2H2,1H3;1H4;17*1H/i;;;;;;15*1+2T;2*1+2. The molecule has 0 saturated carbocycles. The maximum Gasteiger partial charge on any atom is 0.200 e. The normalized spacial score (nSPS) is 11.9. The van der Waals surface area contributed by atoms with Crippen LogP contribution in [-0.2, 0) is 7.05 Å². The monoisotopic (exact) mass is 945 g/mol. The van der Waals surface area contributed by atoms with E-state index in [4.69, 9.17) is 60.6 Å². The van der Waals surface area contributed by atoms with Crippen LogP contribution in [0.25, 0.3) is 22.9 Å². The Morgan fingerprint density at radius 1 is 0.925 bits per heavy atom. The number of aromatic nitrogens is 6. The molecule has 53 heavy (non-hydrogen) atoms. The van der Waals surface area contributed by atoms with E-state index in [2.05, 4.69) is 78.7 Å². The van der Waals surface area contributed by atoms with Gasteiger partial charge in [-0.3, -0.25) is 26.0 Å². The van der Waals surface area contributed by atoms with Crippen LogP contribution in [-0.4, -0.2) is 66.1 Å². The number of nitrogens with zero attached hydrogens (tertiary/aromatic N) is 8. The van der Waals surface area contributed by atoms with Gasteiger partial charge in [-0.25, -0.2) is 14.6 Å². The molecule has 0 bridgehead atoms. The molecule has 0 fully saturated rings. The summed E-state index contributed by atoms with van der Waals surface area (Å²) in [6.07, 6.45) is 5.58. The van der Waals surface area contributed by atoms with Crippen molar-refractivity contribution < 1.29 is 62.4 Å². The number of rotatable bonds is 5. The molecule has 0 aliphatic carbocycles. The van der Waals surface area contributed by atoms with E-state index < -0.39 is 0 Å². The summed E-state index contributed by atoms with van der Waals surface area (Å²) < 4.78 is 153. The Bertz CT molecular complexity index is 2110. The van der Waals surface area contributed by atoms with Crippen LogP contribution in [0.2, 0.25) is 0 Å². The van der Waals surface area contributed by atoms with E-state index in [1.165, 1.54) is 6.07 Å². The average molecular weight is 947 g/mol. The van der Waals surface area contributed by atoms with Crippen molar-refractivity contribution in [1.82, 2.24) is 40.6 Å². The Balaban J connectivity index is -0.0000000421. The van der Waals surface area contributed by atoms with Crippen LogP contribution < -0.4 is 22.4 Å². The van der Waals surface area contributed by atoms with Crippen LogP contribution in [0.4, 0.5) is 0 Å². The molecule has 0 unspecified atom stereocenters. The zero-order chi connectivity index (χ0) is 68.3. The molecule has 0 aliphatic heterocycles. The fraction of sp³-hybridized carbons (Fsp3) is 0.111. The number of halogens is 2. The van der Waals surface area contributed by atoms with Gasteiger partial charge in [-0.05, 0) is 79.8 Å². The fourth-order valence-electron chi connectivity index (χ4n) is 3.65. The molecule has 0 radical (unpaired) electrons. The lowest BCUT2D eigenvalue weighted by Gasteiger charge is -2.03. The first-order chi connectivity index (χ1) is 40.1. The topological polar surface area (TPSA) is 239 Å². The second-order valence-corrected chi connectivity index (χ2v) is 11.5. The minimum atomic E-state index is 0. The van der Waals surface area contributed by atoms with E-state index in [-0.39, 0.29) is 21.8 Å². The lowest BCUT2D eigenvalue weighted by Crippen LogP contribution is -2.18. The number of pyridine rings is 3. The van der Waals surface area contributed by atoms with Crippen LogP contribution in [0.5, 0.6) is 11.5 Å². The number of hydrazine groups is 1. The van der Waals surface area contributed by atoms with Gasteiger partial charge in [0.2, 0.25) is 0 Å². The number of nitrogens with one attached hydrogen (secondary N) is 2. The minimum Gasteiger partial charge on any atom is -0.507 e. The smallest absolute Gasteiger partial charge is 0.200 e. The molecule has 6 rings (SSSR count). The quantitative estimate of drug-likeness (QED) is 0.0311. The van der Waals surface area contributed by atoms with Gasteiger partial charge in [-0.15, -0.1) is 5.10 Å². The Morgan fingerprint density at radius 2 is 1.51 bits per heavy atom. The molecule has 6 aromatic rings. The van der Waals surface area contributed by atoms with Crippen molar-refractivity contribution in [2.45, 2.75) is 7.43 Å². The lowest BCUT2D eigenvalue weighted by atomic mass is 10.2. The summed E-state index contributed by atoms with van der Waals surface area (Å²) in [6, 6.07) is 28.1. The number of hydrogen-bond donors (Lipinski definition) is 6. The summed E-state index contributed by atoms with van der Waals surface area (Å²) in [4.78, 5) is 26.6. The van der Waals surface area contributed by atoms with Gasteiger partial charge in [0.15, 0.2) is 23.8 Å². The van der Waals surface area contributed by atoms with E-state index in [1.54, 1.807) is 92.9 Å². The number of phenolic OH excluding ortho intramolecular Hbond substituents is 2. The van der Waals surface area contributed by atoms with Gasteiger partial charge in [0.25, 0.3) is 0 Å². The van der Waals surface area contributed by atoms with E-state index >= 15 is 0 Å². The van der Waals surface area contributed by atoms with Crippen LogP contribution in [0.1, 0.15) is 76.6 Å². The number of hydrazone groups is 1. The third-order valence-corrected chi connectivity index (χ3v) is 6.90. The number of nitrogens with two attached hydrogens (primary N) is 2. The number of aldehydes is 1. The largest absolute Gasteiger partial charge is 0.507 e. The van der Waals surface area contributed by atoms with Crippen LogP contribution >= 0.6 is 31.9 Å². The number of aromatic hydroxyl groups is 2. The highest BCUT2D eigenvalue weighted by molar-refractivity contribution is 9.10. The molecule has 0 atom stereocenters. The average Bonchev–Trinajstić information content (AvgIpc) is 3.99. The molecule has 17 heteroatoms. The van der Waals surface area contributed by atoms with E-state index in [0.29, 0.717) is 52.0 Å². The molecule has 0 aliphatic rings. The molecule has 0 spiro atoms. The number of amidine groups is 1. The zero-order valence-corrected chi connectivity index (χ0v) is 31.4. The van der Waals surface area contributed by atoms with E-state index in [9.17, 15) is 9.90 Å². The predicted octanol–water partition coefficient (Wildman–Crippen LogP) is 9.75. The van der Waals surface area contributed by atoms with Crippen molar-refractivity contribution in [2.24, 2.45) is 23.7 Å². The van der Waals surface area contributed by atoms with E-state index in [0.717, 1.165) is 8.95 Å². The second-order valence-electron chi connectivity index (χ2n) is 9.63. The first-order valence-electron chi connectivity index (χ1n) is 29.9. The molecule has 4 heterocycles. The van der Waals surface area contributed by atoms with Crippen molar-refractivity contribution in [3.63, 3.8) is 0 Å². The third-order valence-electron chi connectivity index (χ3n) is 5.91. The third kappa shape index (κ3) is 15.8. The number of nitriles is 1. The molecule has 2 aromatic carbocycles. The number of benzene rings is 2. The Labute approximate surface area is 374 Å². The van der Waals surface area contributed by atoms with Gasteiger partial charge in [0.1, 0.15) is 34.7 Å². The second kappa shape index (κ2) is 25.0. The summed E-state index contributed by atoms with van der Waals surface area (Å²) in [5.74, 6) is 6.29. The number of hydrogen-bond acceptors (Lipinski definition) is 13. The van der Waals surface area contributed by atoms with Crippen LogP contribution in [0.15, 0.2) is 124 Å². The minimum absolute atomic E-state index is 0. The highest BCUT2D eigenvalue weighted by atomic mass is 79.9. The van der Waals surface area contributed by atoms with Crippen molar-refractivity contribution >= 4 is 44.0 Å². The summed E-state index contributed by atoms with van der Waals surface area (Å²) >= 11 is 6.56. The maximum absolute atomic E-state index is 10.2. The summed E-state index contributed by atoms with van der Waals surface area (Å²) in [7, 11) is 5.13. The molecule has 0 amide bonds. The molecule has 8 N–H and O–H groups in total. The Kier molecular flexibility index (Phi) is 12.2. The zero-order valence-electron chi connectivity index (χ0n) is 58.3. The van der Waals surface area contributed by atoms with Crippen molar-refractivity contribution in [1.29, 1.82) is 5.26 Å². The SMILES string of the molecule is C.CN/N=C(\N)c1ccccn1.CNN.Cn1nc(-c2ccccn2)nc1-c1cc(Br)ccc1O.N#Cc1ccccn1.O=Cc1cc(Br)ccc1O.[3HH].[3HH].[3H][3H].[3H][3H].[3H][3H].[3H][3H].[3H][3H].[3H][3H].[3H][3H].[3H][3H].[3H][3H].[3H][3H].[3H][3H].[3H][3H].[3H][3H].[3H][3H].[3H][3H]. The van der Waals surface area contributed by atoms with Crippen LogP contribution in [0.3, 0.4) is 0 Å². The van der Waals surface area contributed by atoms with Gasteiger partial charge in [-0.1, -0.05) is 57.5 Å². The summed E-state index contributed by atoms with van der Waals surface area (Å²) in [5.41, 5.74) is 13.1. The predicted molar refractivity (Wildman–Crippen MR) is 249 cm³/mol. The number of carbonyl (C=O) groups is 1. The van der Waals surface area contributed by atoms with Gasteiger partial charge in [0, 0.05) is 89.0 Å². The molecular weight excluding hydrogens is 808 g/mol. The molecule has 4 aromatic heterocycles. The van der Waals surface area contributed by atoms with Gasteiger partial charge >= 0.3 is 0 Å². The van der Waals surface area contributed by atoms with Crippen molar-refractivity contribution in [3.05, 3.63) is 135 Å². The molecule has 15 nitrogen and oxygen atoms in total. The summed E-state index contributed by atoms with van der Waals surface area (Å²) in [6.45, 7) is 0. The summed E-state index contributed by atoms with van der Waals surface area (Å²) in [5, 5.41) is 35.3. The molecule has 310 valence electrons. The first kappa shape index (κ1) is 25.8. The first-order valence-corrected chi connectivity index (χ1v) is 16.5. The number of carbonyl (C=O) groups excluding carboxylic acids is 1. The van der Waals surface area contributed by atoms with Crippen molar-refractivity contribution in [2.75, 3.05) is 14.1 Å². The van der Waals surface area contributed by atoms with Gasteiger partial charge < -0.3 is 21.4 Å². The highest BCUT2D eigenvalue weighted by Crippen LogP contribution is 2.31. The lowest BCUT2D eigenvalue weighted by molar-refractivity contribution is 0.112. The van der Waals surface area contributed by atoms with Gasteiger partial charge in [-0.2, -0.15) is 10.4 Å². The number of phenols is 2. The van der Waals surface area contributed by atoms with Crippen LogP contribution in [0, 0.1) is 11.3 Å². The number of aryl methyl sites for hydroxylation is 1. The molecule has 0 saturated heterocycles. The Hall–Kier alpha value is -6.06. The Morgan fingerprint density at radius 3 is 2.00 bits per heavy atom. The maximum atomic E-state index is 10.2. The van der Waals surface area contributed by atoms with Crippen molar-refractivity contribution in [3.8, 4) is 40.5 Å². The highest BCUT2D eigenvalue weighted by Gasteiger charge is 2.15.